The SMILES string of the molecule is COc1ccc(-c2ccc(/C=C3\SC(=S)N(C4CC5CCC4C5)C3=O)o2)cc1C(=O)NCCc1ccccc1.O=C=O. The number of ether oxygens (including phenoxy) is 1. The van der Waals surface area contributed by atoms with E-state index in [1.54, 1.807) is 25.3 Å². The zero-order valence-corrected chi connectivity index (χ0v) is 24.7. The van der Waals surface area contributed by atoms with Gasteiger partial charge in [-0.2, -0.15) is 9.59 Å². The Hall–Kier alpha value is -3.98. The molecule has 0 radical (unpaired) electrons. The van der Waals surface area contributed by atoms with E-state index in [0.717, 1.165) is 29.9 Å². The molecule has 8 nitrogen and oxygen atoms in total. The van der Waals surface area contributed by atoms with Crippen molar-refractivity contribution in [1.82, 2.24) is 10.2 Å². The monoisotopic (exact) mass is 602 g/mol. The molecule has 2 saturated carbocycles. The molecule has 1 N–H and O–H groups in total. The van der Waals surface area contributed by atoms with Crippen molar-refractivity contribution in [3.8, 4) is 17.1 Å². The average Bonchev–Trinajstić information content (AvgIpc) is 3.79. The summed E-state index contributed by atoms with van der Waals surface area (Å²) in [5.41, 5.74) is 2.35. The van der Waals surface area contributed by atoms with E-state index in [1.807, 2.05) is 53.4 Å². The fraction of sp³-hybridized carbons (Fsp3) is 0.312. The number of carbonyl (C=O) groups excluding carboxylic acids is 4. The van der Waals surface area contributed by atoms with Crippen molar-refractivity contribution in [1.29, 1.82) is 0 Å². The number of amides is 2. The fourth-order valence-corrected chi connectivity index (χ4v) is 7.46. The van der Waals surface area contributed by atoms with Gasteiger partial charge in [-0.25, -0.2) is 0 Å². The lowest BCUT2D eigenvalue weighted by Gasteiger charge is -2.30. The number of methoxy groups -OCH3 is 1. The van der Waals surface area contributed by atoms with E-state index in [0.29, 0.717) is 44.5 Å². The molecule has 2 bridgehead atoms. The van der Waals surface area contributed by atoms with Crippen molar-refractivity contribution in [2.24, 2.45) is 11.8 Å². The molecule has 1 aromatic heterocycles. The van der Waals surface area contributed by atoms with Crippen molar-refractivity contribution >= 4 is 52.3 Å². The molecule has 0 spiro atoms. The quantitative estimate of drug-likeness (QED) is 0.257. The average molecular weight is 603 g/mol. The predicted octanol–water partition coefficient (Wildman–Crippen LogP) is 5.73. The molecule has 2 heterocycles. The molecule has 3 aromatic rings. The van der Waals surface area contributed by atoms with E-state index in [-0.39, 0.29) is 24.0 Å². The molecule has 2 aliphatic carbocycles. The van der Waals surface area contributed by atoms with Crippen LogP contribution in [0.1, 0.15) is 47.4 Å². The van der Waals surface area contributed by atoms with Crippen LogP contribution in [0.15, 0.2) is 70.0 Å². The Balaban J connectivity index is 0.00000113. The lowest BCUT2D eigenvalue weighted by atomic mass is 9.94. The Morgan fingerprint density at radius 2 is 1.93 bits per heavy atom. The zero-order chi connectivity index (χ0) is 29.6. The number of hydrogen-bond acceptors (Lipinski definition) is 8. The third kappa shape index (κ3) is 6.41. The second kappa shape index (κ2) is 13.3. The van der Waals surface area contributed by atoms with Gasteiger partial charge in [0.25, 0.3) is 11.8 Å². The molecule has 3 atom stereocenters. The molecule has 3 unspecified atom stereocenters. The number of thioether (sulfide) groups is 1. The van der Waals surface area contributed by atoms with Gasteiger partial charge in [0.2, 0.25) is 0 Å². The number of nitrogens with one attached hydrogen (secondary N) is 1. The summed E-state index contributed by atoms with van der Waals surface area (Å²) in [5, 5.41) is 2.98. The third-order valence-electron chi connectivity index (χ3n) is 8.03. The maximum absolute atomic E-state index is 13.3. The Labute approximate surface area is 253 Å². The second-order valence-electron chi connectivity index (χ2n) is 10.5. The molecule has 216 valence electrons. The smallest absolute Gasteiger partial charge is 0.373 e. The van der Waals surface area contributed by atoms with Crippen LogP contribution in [0.5, 0.6) is 5.75 Å². The molecule has 6 rings (SSSR count). The molecule has 2 amide bonds. The van der Waals surface area contributed by atoms with Gasteiger partial charge in [-0.1, -0.05) is 60.7 Å². The number of nitrogens with zero attached hydrogens (tertiary/aromatic N) is 1. The minimum Gasteiger partial charge on any atom is -0.496 e. The Morgan fingerprint density at radius 3 is 2.62 bits per heavy atom. The summed E-state index contributed by atoms with van der Waals surface area (Å²) in [6.07, 6.45) is 7.53. The number of carbonyl (C=O) groups is 2. The third-order valence-corrected chi connectivity index (χ3v) is 9.36. The second-order valence-corrected chi connectivity index (χ2v) is 12.2. The molecule has 1 saturated heterocycles. The van der Waals surface area contributed by atoms with Gasteiger partial charge in [-0.05, 0) is 73.4 Å². The zero-order valence-electron chi connectivity index (χ0n) is 23.0. The first-order chi connectivity index (χ1) is 20.4. The van der Waals surface area contributed by atoms with Crippen molar-refractivity contribution in [3.63, 3.8) is 0 Å². The minimum atomic E-state index is -0.208. The first-order valence-electron chi connectivity index (χ1n) is 13.8. The minimum absolute atomic E-state index is 0.0144. The maximum Gasteiger partial charge on any atom is 0.373 e. The Bertz CT molecular complexity index is 1540. The van der Waals surface area contributed by atoms with Crippen LogP contribution in [0.25, 0.3) is 17.4 Å². The molecule has 2 aromatic carbocycles. The molecule has 42 heavy (non-hydrogen) atoms. The predicted molar refractivity (Wildman–Crippen MR) is 162 cm³/mol. The summed E-state index contributed by atoms with van der Waals surface area (Å²) in [7, 11) is 1.55. The van der Waals surface area contributed by atoms with E-state index < -0.39 is 0 Å². The van der Waals surface area contributed by atoms with Crippen LogP contribution in [-0.2, 0) is 20.8 Å². The molecule has 1 aliphatic heterocycles. The van der Waals surface area contributed by atoms with Crippen LogP contribution in [0.3, 0.4) is 0 Å². The van der Waals surface area contributed by atoms with Crippen molar-refractivity contribution in [3.05, 3.63) is 82.5 Å². The van der Waals surface area contributed by atoms with Gasteiger partial charge in [0.15, 0.2) is 0 Å². The first-order valence-corrected chi connectivity index (χ1v) is 15.0. The molecular weight excluding hydrogens is 572 g/mol. The van der Waals surface area contributed by atoms with Gasteiger partial charge in [-0.15, -0.1) is 0 Å². The van der Waals surface area contributed by atoms with E-state index in [2.05, 4.69) is 5.32 Å². The normalized spacial score (nSPS) is 21.7. The van der Waals surface area contributed by atoms with Crippen LogP contribution in [0.2, 0.25) is 0 Å². The van der Waals surface area contributed by atoms with Gasteiger partial charge < -0.3 is 14.5 Å². The van der Waals surface area contributed by atoms with Crippen LogP contribution in [0.4, 0.5) is 0 Å². The number of thiocarbonyl (C=S) groups is 1. The van der Waals surface area contributed by atoms with E-state index in [9.17, 15) is 9.59 Å². The standard InChI is InChI=1S/C31H30N2O4S2.CO2/c1-36-27-11-9-22(17-24(27)29(34)32-14-13-19-5-3-2-4-6-19)26-12-10-23(37-26)18-28-30(35)33(31(38)39-28)25-16-20-7-8-21(25)15-20;2-1-3/h2-6,9-12,17-18,20-21,25H,7-8,13-16H2,1H3,(H,32,34);/b28-18-;. The summed E-state index contributed by atoms with van der Waals surface area (Å²) >= 11 is 6.96. The van der Waals surface area contributed by atoms with Crippen molar-refractivity contribution in [2.45, 2.75) is 38.1 Å². The molecule has 3 aliphatic rings. The highest BCUT2D eigenvalue weighted by Gasteiger charge is 2.48. The highest BCUT2D eigenvalue weighted by molar-refractivity contribution is 8.26. The highest BCUT2D eigenvalue weighted by Crippen LogP contribution is 2.49. The summed E-state index contributed by atoms with van der Waals surface area (Å²) in [5.74, 6) is 2.76. The lowest BCUT2D eigenvalue weighted by molar-refractivity contribution is -0.191. The summed E-state index contributed by atoms with van der Waals surface area (Å²) < 4.78 is 12.2. The molecule has 10 heteroatoms. The first kappa shape index (κ1) is 29.5. The lowest BCUT2D eigenvalue weighted by Crippen LogP contribution is -2.41. The molecular formula is C32H30N2O6S2. The van der Waals surface area contributed by atoms with Crippen LogP contribution >= 0.6 is 24.0 Å². The van der Waals surface area contributed by atoms with Crippen molar-refractivity contribution in [2.75, 3.05) is 13.7 Å². The number of fused-ring (bicyclic) bond motifs is 2. The number of hydrogen-bond donors (Lipinski definition) is 1. The van der Waals surface area contributed by atoms with Crippen LogP contribution in [-0.4, -0.2) is 46.9 Å². The van der Waals surface area contributed by atoms with E-state index in [4.69, 9.17) is 31.0 Å². The summed E-state index contributed by atoms with van der Waals surface area (Å²) in [6.45, 7) is 0.515. The number of rotatable bonds is 8. The Kier molecular flexibility index (Phi) is 9.37. The largest absolute Gasteiger partial charge is 0.496 e. The fourth-order valence-electron chi connectivity index (χ4n) is 6.11. The molecule has 3 fully saturated rings. The number of furan rings is 1. The van der Waals surface area contributed by atoms with Crippen LogP contribution in [0, 0.1) is 11.8 Å². The van der Waals surface area contributed by atoms with Gasteiger partial charge in [0.1, 0.15) is 21.6 Å². The topological polar surface area (TPSA) is 106 Å². The van der Waals surface area contributed by atoms with Gasteiger partial charge in [0.05, 0.1) is 17.6 Å². The van der Waals surface area contributed by atoms with Gasteiger partial charge in [-0.3, -0.25) is 14.5 Å². The van der Waals surface area contributed by atoms with E-state index in [1.165, 1.54) is 31.0 Å². The van der Waals surface area contributed by atoms with Crippen LogP contribution < -0.4 is 10.1 Å². The van der Waals surface area contributed by atoms with Gasteiger partial charge >= 0.3 is 6.15 Å². The highest BCUT2D eigenvalue weighted by atomic mass is 32.2. The van der Waals surface area contributed by atoms with Crippen molar-refractivity contribution < 1.29 is 28.3 Å². The summed E-state index contributed by atoms with van der Waals surface area (Å²) in [6, 6.07) is 19.4. The number of benzene rings is 2. The Morgan fingerprint density at radius 1 is 1.14 bits per heavy atom. The van der Waals surface area contributed by atoms with Gasteiger partial charge in [0, 0.05) is 24.2 Å². The maximum atomic E-state index is 13.3. The summed E-state index contributed by atoms with van der Waals surface area (Å²) in [4.78, 5) is 45.0. The van der Waals surface area contributed by atoms with E-state index >= 15 is 0 Å².